The van der Waals surface area contributed by atoms with Gasteiger partial charge in [-0.05, 0) is 43.9 Å². The molecule has 0 amide bonds. The van der Waals surface area contributed by atoms with Crippen molar-refractivity contribution in [2.75, 3.05) is 0 Å². The number of sulfone groups is 1. The smallest absolute Gasteiger partial charge is 0.328 e. The Balaban J connectivity index is 2.48. The zero-order chi connectivity index (χ0) is 16.8. The Morgan fingerprint density at radius 1 is 1.14 bits per heavy atom. The monoisotopic (exact) mass is 343 g/mol. The molecule has 0 aliphatic heterocycles. The molecule has 22 heavy (non-hydrogen) atoms. The summed E-state index contributed by atoms with van der Waals surface area (Å²) in [7, 11) is -4.75. The molecule has 2 N–H and O–H groups in total. The van der Waals surface area contributed by atoms with E-state index in [2.05, 4.69) is 0 Å². The average molecular weight is 343 g/mol. The summed E-state index contributed by atoms with van der Waals surface area (Å²) in [5.74, 6) is -1.38. The first-order valence-electron chi connectivity index (χ1n) is 6.53. The summed E-state index contributed by atoms with van der Waals surface area (Å²) in [6.45, 7) is 0. The molecule has 124 valence electrons. The van der Waals surface area contributed by atoms with Crippen molar-refractivity contribution in [3.05, 3.63) is 29.6 Å². The van der Waals surface area contributed by atoms with Crippen LogP contribution in [-0.2, 0) is 16.0 Å². The van der Waals surface area contributed by atoms with Crippen molar-refractivity contribution in [3.63, 3.8) is 0 Å². The fourth-order valence-electron chi connectivity index (χ4n) is 2.43. The lowest BCUT2D eigenvalue weighted by Gasteiger charge is -2.32. The van der Waals surface area contributed by atoms with Gasteiger partial charge in [0.15, 0.2) is 0 Å². The van der Waals surface area contributed by atoms with Crippen LogP contribution in [0.4, 0.5) is 22.0 Å². The van der Waals surface area contributed by atoms with E-state index in [9.17, 15) is 30.4 Å². The second-order valence-electron chi connectivity index (χ2n) is 5.40. The minimum atomic E-state index is -4.93. The summed E-state index contributed by atoms with van der Waals surface area (Å²) in [5, 5.41) is -2.72. The Labute approximate surface area is 124 Å². The normalized spacial score (nSPS) is 26.9. The first-order chi connectivity index (χ1) is 9.96. The maximum absolute atomic E-state index is 14.7. The van der Waals surface area contributed by atoms with E-state index in [0.717, 1.165) is 0 Å². The summed E-state index contributed by atoms with van der Waals surface area (Å²) in [6.07, 6.45) is -5.58. The first kappa shape index (κ1) is 17.1. The van der Waals surface area contributed by atoms with Crippen molar-refractivity contribution in [1.82, 2.24) is 0 Å². The van der Waals surface area contributed by atoms with Gasteiger partial charge in [-0.1, -0.05) is 0 Å². The van der Waals surface area contributed by atoms with Crippen molar-refractivity contribution < 1.29 is 30.4 Å². The van der Waals surface area contributed by atoms with Gasteiger partial charge in [-0.15, -0.1) is 0 Å². The second kappa shape index (κ2) is 5.45. The number of hydrogen-bond donors (Lipinski definition) is 1. The second-order valence-corrected chi connectivity index (χ2v) is 7.61. The molecule has 1 aliphatic carbocycles. The van der Waals surface area contributed by atoms with Crippen LogP contribution in [0.3, 0.4) is 0 Å². The van der Waals surface area contributed by atoms with Crippen LogP contribution < -0.4 is 5.73 Å². The van der Waals surface area contributed by atoms with Gasteiger partial charge in [0.2, 0.25) is 14.8 Å². The predicted octanol–water partition coefficient (Wildman–Crippen LogP) is 3.19. The Morgan fingerprint density at radius 3 is 2.18 bits per heavy atom. The summed E-state index contributed by atoms with van der Waals surface area (Å²) in [4.78, 5) is -1.00. The Hall–Kier alpha value is -1.22. The van der Waals surface area contributed by atoms with Crippen LogP contribution in [-0.4, -0.2) is 19.5 Å². The van der Waals surface area contributed by atoms with Crippen LogP contribution in [0.25, 0.3) is 0 Å². The van der Waals surface area contributed by atoms with Gasteiger partial charge in [-0.3, -0.25) is 0 Å². The molecule has 0 spiro atoms. The van der Waals surface area contributed by atoms with Crippen LogP contribution in [0, 0.1) is 5.82 Å². The maximum Gasteiger partial charge on any atom is 0.416 e. The van der Waals surface area contributed by atoms with Crippen molar-refractivity contribution in [2.45, 2.75) is 47.8 Å². The van der Waals surface area contributed by atoms with Crippen LogP contribution in [0.1, 0.15) is 31.2 Å². The molecule has 0 atom stereocenters. The largest absolute Gasteiger partial charge is 0.416 e. The number of alkyl halides is 4. The molecule has 3 nitrogen and oxygen atoms in total. The number of nitrogens with two attached hydrogens (primary N) is 1. The molecule has 0 unspecified atom stereocenters. The first-order valence-corrected chi connectivity index (χ1v) is 8.01. The van der Waals surface area contributed by atoms with E-state index in [1.165, 1.54) is 0 Å². The Morgan fingerprint density at radius 2 is 1.68 bits per heavy atom. The van der Waals surface area contributed by atoms with Gasteiger partial charge in [-0.2, -0.15) is 13.2 Å². The summed E-state index contributed by atoms with van der Waals surface area (Å²) in [6, 6.07) is 0.479. The Kier molecular flexibility index (Phi) is 4.25. The molecule has 0 bridgehead atoms. The van der Waals surface area contributed by atoms with E-state index < -0.39 is 50.1 Å². The van der Waals surface area contributed by atoms with Gasteiger partial charge in [-0.25, -0.2) is 17.2 Å². The summed E-state index contributed by atoms with van der Waals surface area (Å²) in [5.41, 5.74) is 4.10. The van der Waals surface area contributed by atoms with Crippen LogP contribution in [0.15, 0.2) is 23.1 Å². The quantitative estimate of drug-likeness (QED) is 0.839. The van der Waals surface area contributed by atoms with Gasteiger partial charge in [0.1, 0.15) is 5.82 Å². The van der Waals surface area contributed by atoms with Crippen molar-refractivity contribution >= 4 is 9.84 Å². The fourth-order valence-corrected chi connectivity index (χ4v) is 4.18. The van der Waals surface area contributed by atoms with Crippen LogP contribution >= 0.6 is 0 Å². The van der Waals surface area contributed by atoms with Gasteiger partial charge in [0.25, 0.3) is 0 Å². The molecule has 1 aromatic carbocycles. The highest BCUT2D eigenvalue weighted by Gasteiger charge is 2.48. The van der Waals surface area contributed by atoms with Crippen molar-refractivity contribution in [1.29, 1.82) is 0 Å². The molecule has 1 aromatic rings. The topological polar surface area (TPSA) is 60.2 Å². The fraction of sp³-hybridized carbons (Fsp3) is 0.538. The van der Waals surface area contributed by atoms with Crippen molar-refractivity contribution in [2.24, 2.45) is 5.73 Å². The molecule has 1 aliphatic rings. The zero-order valence-electron chi connectivity index (χ0n) is 11.3. The zero-order valence-corrected chi connectivity index (χ0v) is 12.1. The SMILES string of the molecule is NC1CCC(F)(S(=O)(=O)c2cc(F)cc(C(F)(F)F)c2)CC1. The minimum Gasteiger partial charge on any atom is -0.328 e. The minimum absolute atomic E-state index is 0.0944. The molecule has 0 saturated heterocycles. The molecule has 1 fully saturated rings. The molecule has 0 radical (unpaired) electrons. The predicted molar refractivity (Wildman–Crippen MR) is 68.9 cm³/mol. The molecule has 2 rings (SSSR count). The number of benzene rings is 1. The van der Waals surface area contributed by atoms with E-state index in [4.69, 9.17) is 5.73 Å². The third kappa shape index (κ3) is 3.10. The molecule has 1 saturated carbocycles. The highest BCUT2D eigenvalue weighted by molar-refractivity contribution is 7.92. The van der Waals surface area contributed by atoms with E-state index in [0.29, 0.717) is 6.07 Å². The molecular weight excluding hydrogens is 329 g/mol. The third-order valence-electron chi connectivity index (χ3n) is 3.77. The van der Waals surface area contributed by atoms with Crippen LogP contribution in [0.2, 0.25) is 0 Å². The standard InChI is InChI=1S/C13H14F5NO2S/c14-9-5-8(13(16,17)18)6-11(7-9)22(20,21)12(15)3-1-10(19)2-4-12/h5-7,10H,1-4,19H2. The molecule has 9 heteroatoms. The molecule has 0 aromatic heterocycles. The lowest BCUT2D eigenvalue weighted by molar-refractivity contribution is -0.137. The lowest BCUT2D eigenvalue weighted by Crippen LogP contribution is -2.41. The Bertz CT molecular complexity index is 663. The average Bonchev–Trinajstić information content (AvgIpc) is 2.40. The number of rotatable bonds is 2. The summed E-state index contributed by atoms with van der Waals surface area (Å²) >= 11 is 0. The molecule has 0 heterocycles. The maximum atomic E-state index is 14.7. The molecular formula is C13H14F5NO2S. The van der Waals surface area contributed by atoms with E-state index in [1.807, 2.05) is 0 Å². The number of halogens is 5. The van der Waals surface area contributed by atoms with E-state index in [1.54, 1.807) is 0 Å². The highest BCUT2D eigenvalue weighted by atomic mass is 32.2. The number of hydrogen-bond acceptors (Lipinski definition) is 3. The lowest BCUT2D eigenvalue weighted by atomic mass is 9.94. The third-order valence-corrected chi connectivity index (χ3v) is 6.00. The summed E-state index contributed by atoms with van der Waals surface area (Å²) < 4.78 is 90.6. The van der Waals surface area contributed by atoms with Gasteiger partial charge < -0.3 is 5.73 Å². The van der Waals surface area contributed by atoms with E-state index in [-0.39, 0.29) is 31.0 Å². The van der Waals surface area contributed by atoms with Crippen LogP contribution in [0.5, 0.6) is 0 Å². The highest BCUT2D eigenvalue weighted by Crippen LogP contribution is 2.41. The van der Waals surface area contributed by atoms with E-state index >= 15 is 0 Å². The van der Waals surface area contributed by atoms with Gasteiger partial charge in [0.05, 0.1) is 10.5 Å². The van der Waals surface area contributed by atoms with Gasteiger partial charge >= 0.3 is 6.18 Å². The van der Waals surface area contributed by atoms with Gasteiger partial charge in [0, 0.05) is 6.04 Å². The van der Waals surface area contributed by atoms with Crippen molar-refractivity contribution in [3.8, 4) is 0 Å².